The van der Waals surface area contributed by atoms with Gasteiger partial charge in [0.1, 0.15) is 29.7 Å². The Morgan fingerprint density at radius 2 is 2.00 bits per heavy atom. The maximum absolute atomic E-state index is 14.2. The number of nitro groups is 1. The average Bonchev–Trinajstić information content (AvgIpc) is 3.16. The number of hydrogen-bond donors (Lipinski definition) is 1. The Kier molecular flexibility index (Phi) is 5.69. The van der Waals surface area contributed by atoms with E-state index >= 15 is 0 Å². The largest absolute Gasteiger partial charge is 0.408 e. The van der Waals surface area contributed by atoms with Crippen LogP contribution in [-0.4, -0.2) is 36.8 Å². The zero-order valence-electron chi connectivity index (χ0n) is 16.0. The second-order valence-electron chi connectivity index (χ2n) is 6.52. The summed E-state index contributed by atoms with van der Waals surface area (Å²) in [7, 11) is 0. The van der Waals surface area contributed by atoms with E-state index in [0.29, 0.717) is 0 Å². The van der Waals surface area contributed by atoms with Crippen LogP contribution in [0.15, 0.2) is 36.7 Å². The van der Waals surface area contributed by atoms with Gasteiger partial charge in [-0.05, 0) is 32.0 Å². The molecule has 0 aliphatic rings. The highest BCUT2D eigenvalue weighted by Crippen LogP contribution is 2.32. The van der Waals surface area contributed by atoms with Crippen LogP contribution >= 0.6 is 0 Å². The Morgan fingerprint density at radius 3 is 2.65 bits per heavy atom. The van der Waals surface area contributed by atoms with Crippen LogP contribution in [-0.2, 0) is 0 Å². The first-order valence-corrected chi connectivity index (χ1v) is 8.68. The van der Waals surface area contributed by atoms with Gasteiger partial charge in [0, 0.05) is 11.6 Å². The van der Waals surface area contributed by atoms with Crippen molar-refractivity contribution in [3.63, 3.8) is 0 Å². The Balaban J connectivity index is 1.91. The van der Waals surface area contributed by atoms with Gasteiger partial charge in [0.15, 0.2) is 5.82 Å². The van der Waals surface area contributed by atoms with Gasteiger partial charge in [-0.2, -0.15) is 13.2 Å². The maximum atomic E-state index is 14.2. The topological polar surface area (TPSA) is 116 Å². The zero-order valence-corrected chi connectivity index (χ0v) is 16.0. The number of benzene rings is 1. The molecule has 0 unspecified atom stereocenters. The van der Waals surface area contributed by atoms with Crippen LogP contribution in [0, 0.1) is 22.9 Å². The zero-order chi connectivity index (χ0) is 22.9. The predicted molar refractivity (Wildman–Crippen MR) is 99.8 cm³/mol. The lowest BCUT2D eigenvalue weighted by Gasteiger charge is -2.18. The van der Waals surface area contributed by atoms with E-state index in [9.17, 15) is 32.5 Å². The molecule has 1 N–H and O–H groups in total. The van der Waals surface area contributed by atoms with Crippen LogP contribution in [0.25, 0.3) is 11.5 Å². The minimum atomic E-state index is -4.55. The molecule has 13 heteroatoms. The molecule has 31 heavy (non-hydrogen) atoms. The molecule has 0 aliphatic heterocycles. The molecule has 2 aromatic heterocycles. The van der Waals surface area contributed by atoms with Gasteiger partial charge in [-0.15, -0.1) is 10.2 Å². The van der Waals surface area contributed by atoms with E-state index in [1.165, 1.54) is 25.1 Å². The molecule has 1 aromatic carbocycles. The van der Waals surface area contributed by atoms with Gasteiger partial charge in [0.2, 0.25) is 0 Å². The van der Waals surface area contributed by atoms with Crippen LogP contribution in [0.5, 0.6) is 0 Å². The van der Waals surface area contributed by atoms with Crippen molar-refractivity contribution in [1.29, 1.82) is 0 Å². The Hall–Kier alpha value is -3.90. The van der Waals surface area contributed by atoms with Crippen LogP contribution in [0.1, 0.15) is 28.9 Å². The van der Waals surface area contributed by atoms with Gasteiger partial charge in [0.05, 0.1) is 10.5 Å². The first-order valence-electron chi connectivity index (χ1n) is 8.68. The number of amides is 1. The minimum absolute atomic E-state index is 0.0261. The number of carbonyl (C=O) groups is 1. The molecular formula is C18H14F4N6O3. The monoisotopic (exact) mass is 438 g/mol. The number of alkyl halides is 3. The molecule has 0 radical (unpaired) electrons. The third-order valence-electron chi connectivity index (χ3n) is 4.41. The Labute approximate surface area is 171 Å². The molecule has 0 saturated carbocycles. The van der Waals surface area contributed by atoms with Crippen molar-refractivity contribution in [2.45, 2.75) is 26.1 Å². The molecule has 3 rings (SSSR count). The van der Waals surface area contributed by atoms with E-state index in [1.54, 1.807) is 0 Å². The normalized spacial score (nSPS) is 12.5. The van der Waals surface area contributed by atoms with Crippen LogP contribution in [0.3, 0.4) is 0 Å². The summed E-state index contributed by atoms with van der Waals surface area (Å²) in [5.41, 5.74) is -1.01. The summed E-state index contributed by atoms with van der Waals surface area (Å²) in [6.45, 7) is 2.25. The van der Waals surface area contributed by atoms with E-state index < -0.39 is 40.1 Å². The summed E-state index contributed by atoms with van der Waals surface area (Å²) in [5.74, 6) is -2.32. The Bertz CT molecular complexity index is 1160. The van der Waals surface area contributed by atoms with Crippen molar-refractivity contribution in [3.05, 3.63) is 63.7 Å². The van der Waals surface area contributed by atoms with Crippen LogP contribution in [0.4, 0.5) is 29.1 Å². The van der Waals surface area contributed by atoms with Crippen molar-refractivity contribution < 1.29 is 27.3 Å². The van der Waals surface area contributed by atoms with Gasteiger partial charge in [0.25, 0.3) is 11.6 Å². The summed E-state index contributed by atoms with van der Waals surface area (Å²) in [5, 5.41) is 20.5. The number of carbonyl (C=O) groups excluding carboxylic acids is 1. The number of nitro benzene ring substituents is 1. The lowest BCUT2D eigenvalue weighted by atomic mass is 10.1. The van der Waals surface area contributed by atoms with E-state index in [-0.39, 0.29) is 22.9 Å². The van der Waals surface area contributed by atoms with E-state index in [0.717, 1.165) is 30.0 Å². The number of anilines is 1. The minimum Gasteiger partial charge on any atom is -0.306 e. The average molecular weight is 438 g/mol. The van der Waals surface area contributed by atoms with Crippen molar-refractivity contribution in [2.24, 2.45) is 0 Å². The molecule has 3 aromatic rings. The molecule has 0 aliphatic carbocycles. The Morgan fingerprint density at radius 1 is 1.29 bits per heavy atom. The first kappa shape index (κ1) is 21.8. The molecular weight excluding hydrogens is 424 g/mol. The number of aryl methyl sites for hydroxylation is 1. The SMILES string of the molecule is Cc1cc(F)c(C(=O)Nc2cccc(-c3nncn3[C@@H](C)C(F)(F)F)n2)cc1[N+](=O)[O-]. The molecule has 0 spiro atoms. The molecule has 0 fully saturated rings. The third-order valence-corrected chi connectivity index (χ3v) is 4.41. The third kappa shape index (κ3) is 4.49. The van der Waals surface area contributed by atoms with E-state index in [4.69, 9.17) is 0 Å². The van der Waals surface area contributed by atoms with Crippen molar-refractivity contribution in [1.82, 2.24) is 19.7 Å². The fourth-order valence-electron chi connectivity index (χ4n) is 2.71. The summed E-state index contributed by atoms with van der Waals surface area (Å²) in [6, 6.07) is 3.79. The van der Waals surface area contributed by atoms with Crippen LogP contribution in [0.2, 0.25) is 0 Å². The molecule has 0 bridgehead atoms. The fourth-order valence-corrected chi connectivity index (χ4v) is 2.71. The lowest BCUT2D eigenvalue weighted by Crippen LogP contribution is -2.24. The van der Waals surface area contributed by atoms with Gasteiger partial charge in [-0.3, -0.25) is 14.9 Å². The standard InChI is InChI=1S/C18H14F4N6O3/c1-9-6-12(19)11(7-14(9)28(30)31)17(29)25-15-5-3-4-13(24-15)16-26-23-8-27(16)10(2)18(20,21)22/h3-8,10H,1-2H3,(H,24,25,29)/t10-/m0/s1. The van der Waals surface area contributed by atoms with Gasteiger partial charge < -0.3 is 9.88 Å². The second kappa shape index (κ2) is 8.08. The number of nitrogens with one attached hydrogen (secondary N) is 1. The molecule has 1 amide bonds. The summed E-state index contributed by atoms with van der Waals surface area (Å²) >= 11 is 0. The fraction of sp³-hybridized carbons (Fsp3) is 0.222. The lowest BCUT2D eigenvalue weighted by molar-refractivity contribution is -0.385. The summed E-state index contributed by atoms with van der Waals surface area (Å²) in [6.07, 6.45) is -3.65. The van der Waals surface area contributed by atoms with Crippen molar-refractivity contribution in [2.75, 3.05) is 5.32 Å². The van der Waals surface area contributed by atoms with Crippen molar-refractivity contribution in [3.8, 4) is 11.5 Å². The number of nitrogens with zero attached hydrogens (tertiary/aromatic N) is 5. The smallest absolute Gasteiger partial charge is 0.306 e. The summed E-state index contributed by atoms with van der Waals surface area (Å²) < 4.78 is 54.1. The molecule has 2 heterocycles. The van der Waals surface area contributed by atoms with Gasteiger partial charge in [-0.1, -0.05) is 6.07 Å². The highest BCUT2D eigenvalue weighted by Gasteiger charge is 2.38. The predicted octanol–water partition coefficient (Wildman–Crippen LogP) is 4.07. The van der Waals surface area contributed by atoms with Crippen molar-refractivity contribution >= 4 is 17.4 Å². The summed E-state index contributed by atoms with van der Waals surface area (Å²) in [4.78, 5) is 26.8. The number of hydrogen-bond acceptors (Lipinski definition) is 6. The van der Waals surface area contributed by atoms with Gasteiger partial charge in [-0.25, -0.2) is 9.37 Å². The molecule has 9 nitrogen and oxygen atoms in total. The molecule has 0 saturated heterocycles. The molecule has 1 atom stereocenters. The quantitative estimate of drug-likeness (QED) is 0.365. The number of rotatable bonds is 5. The number of halogens is 4. The van der Waals surface area contributed by atoms with Gasteiger partial charge >= 0.3 is 6.18 Å². The number of aromatic nitrogens is 4. The van der Waals surface area contributed by atoms with E-state index in [2.05, 4.69) is 20.5 Å². The van der Waals surface area contributed by atoms with Crippen LogP contribution < -0.4 is 5.32 Å². The first-order chi connectivity index (χ1) is 14.5. The maximum Gasteiger partial charge on any atom is 0.408 e. The second-order valence-corrected chi connectivity index (χ2v) is 6.52. The highest BCUT2D eigenvalue weighted by atomic mass is 19.4. The highest BCUT2D eigenvalue weighted by molar-refractivity contribution is 6.04. The number of pyridine rings is 1. The molecule has 162 valence electrons. The van der Waals surface area contributed by atoms with E-state index in [1.807, 2.05) is 0 Å².